The summed E-state index contributed by atoms with van der Waals surface area (Å²) in [6.45, 7) is 2.74. The smallest absolute Gasteiger partial charge is 0.223 e. The lowest BCUT2D eigenvalue weighted by Crippen LogP contribution is -2.29. The highest BCUT2D eigenvalue weighted by molar-refractivity contribution is 9.10. The molecule has 1 N–H and O–H groups in total. The van der Waals surface area contributed by atoms with E-state index >= 15 is 0 Å². The van der Waals surface area contributed by atoms with Crippen LogP contribution in [0.3, 0.4) is 0 Å². The summed E-state index contributed by atoms with van der Waals surface area (Å²) < 4.78 is 3.27. The maximum Gasteiger partial charge on any atom is 0.223 e. The maximum absolute atomic E-state index is 12.2. The molecule has 0 saturated heterocycles. The third-order valence-corrected chi connectivity index (χ3v) is 5.16. The van der Waals surface area contributed by atoms with E-state index in [0.29, 0.717) is 0 Å². The van der Waals surface area contributed by atoms with Gasteiger partial charge < -0.3 is 9.88 Å². The molecule has 1 fully saturated rings. The molecule has 25 heavy (non-hydrogen) atoms. The molecule has 1 unspecified atom stereocenters. The number of hydrogen-bond acceptors (Lipinski definition) is 2. The number of carbonyl (C=O) groups excluding carboxylic acids is 1. The Kier molecular flexibility index (Phi) is 4.34. The van der Waals surface area contributed by atoms with Crippen molar-refractivity contribution >= 4 is 32.9 Å². The van der Waals surface area contributed by atoms with Crippen molar-refractivity contribution in [3.63, 3.8) is 0 Å². The number of aromatic nitrogens is 2. The minimum absolute atomic E-state index is 0.115. The van der Waals surface area contributed by atoms with Crippen LogP contribution in [-0.4, -0.2) is 15.5 Å². The van der Waals surface area contributed by atoms with Crippen LogP contribution >= 0.6 is 15.9 Å². The molecule has 0 aliphatic heterocycles. The van der Waals surface area contributed by atoms with E-state index in [1.54, 1.807) is 0 Å². The first-order chi connectivity index (χ1) is 12.1. The summed E-state index contributed by atoms with van der Waals surface area (Å²) in [4.78, 5) is 17.0. The van der Waals surface area contributed by atoms with Crippen molar-refractivity contribution in [2.24, 2.45) is 5.92 Å². The molecular weight excluding hydrogens is 378 g/mol. The number of hydrogen-bond donors (Lipinski definition) is 1. The highest BCUT2D eigenvalue weighted by atomic mass is 79.9. The molecule has 0 radical (unpaired) electrons. The summed E-state index contributed by atoms with van der Waals surface area (Å²) in [5.41, 5.74) is 3.25. The third-order valence-electron chi connectivity index (χ3n) is 4.63. The zero-order valence-electron chi connectivity index (χ0n) is 14.1. The van der Waals surface area contributed by atoms with E-state index in [1.807, 2.05) is 37.3 Å². The Hall–Kier alpha value is -2.14. The topological polar surface area (TPSA) is 46.9 Å². The van der Waals surface area contributed by atoms with E-state index in [4.69, 9.17) is 4.98 Å². The van der Waals surface area contributed by atoms with Crippen molar-refractivity contribution < 1.29 is 4.79 Å². The van der Waals surface area contributed by atoms with E-state index in [-0.39, 0.29) is 17.9 Å². The van der Waals surface area contributed by atoms with Crippen LogP contribution in [0.5, 0.6) is 0 Å². The van der Waals surface area contributed by atoms with Crippen LogP contribution in [0.4, 0.5) is 0 Å². The number of amides is 1. The number of halogens is 1. The summed E-state index contributed by atoms with van der Waals surface area (Å²) in [7, 11) is 0. The molecule has 2 aromatic carbocycles. The molecule has 5 heteroatoms. The molecule has 3 aromatic rings. The Bertz CT molecular complexity index is 912. The summed E-state index contributed by atoms with van der Waals surface area (Å²) in [5, 5.41) is 3.12. The van der Waals surface area contributed by atoms with Crippen molar-refractivity contribution in [2.75, 3.05) is 0 Å². The SMILES string of the molecule is CC(NC(=O)C1CC1)c1nc2ccccc2n1Cc1ccc(Br)cc1. The van der Waals surface area contributed by atoms with E-state index in [1.165, 1.54) is 5.56 Å². The fraction of sp³-hybridized carbons (Fsp3) is 0.300. The summed E-state index contributed by atoms with van der Waals surface area (Å²) in [6.07, 6.45) is 2.02. The second-order valence-electron chi connectivity index (χ2n) is 6.68. The van der Waals surface area contributed by atoms with E-state index in [2.05, 4.69) is 44.0 Å². The number of rotatable bonds is 5. The van der Waals surface area contributed by atoms with Crippen LogP contribution in [0.25, 0.3) is 11.0 Å². The van der Waals surface area contributed by atoms with Crippen LogP contribution in [0, 0.1) is 5.92 Å². The predicted octanol–water partition coefficient (Wildman–Crippen LogP) is 4.43. The van der Waals surface area contributed by atoms with Gasteiger partial charge in [0.15, 0.2) is 0 Å². The van der Waals surface area contributed by atoms with Gasteiger partial charge >= 0.3 is 0 Å². The van der Waals surface area contributed by atoms with Gasteiger partial charge in [0.05, 0.1) is 17.1 Å². The van der Waals surface area contributed by atoms with Crippen LogP contribution in [0.1, 0.15) is 37.2 Å². The number of nitrogens with zero attached hydrogens (tertiary/aromatic N) is 2. The average Bonchev–Trinajstić information content (AvgIpc) is 3.40. The number of benzene rings is 2. The first kappa shape index (κ1) is 16.3. The number of imidazole rings is 1. The molecule has 1 heterocycles. The minimum atomic E-state index is -0.115. The fourth-order valence-electron chi connectivity index (χ4n) is 3.10. The Labute approximate surface area is 155 Å². The minimum Gasteiger partial charge on any atom is -0.346 e. The van der Waals surface area contributed by atoms with E-state index in [0.717, 1.165) is 40.7 Å². The van der Waals surface area contributed by atoms with Gasteiger partial charge in [0.2, 0.25) is 5.91 Å². The molecule has 4 rings (SSSR count). The highest BCUT2D eigenvalue weighted by Crippen LogP contribution is 2.30. The normalized spacial score (nSPS) is 15.3. The number of nitrogens with one attached hydrogen (secondary N) is 1. The van der Waals surface area contributed by atoms with Gasteiger partial charge in [-0.25, -0.2) is 4.98 Å². The van der Waals surface area contributed by atoms with Gasteiger partial charge in [-0.1, -0.05) is 40.2 Å². The van der Waals surface area contributed by atoms with Crippen molar-refractivity contribution in [3.8, 4) is 0 Å². The van der Waals surface area contributed by atoms with Gasteiger partial charge in [0.1, 0.15) is 5.82 Å². The van der Waals surface area contributed by atoms with Crippen molar-refractivity contribution in [3.05, 3.63) is 64.4 Å². The zero-order valence-corrected chi connectivity index (χ0v) is 15.7. The van der Waals surface area contributed by atoms with Crippen LogP contribution in [-0.2, 0) is 11.3 Å². The molecule has 1 amide bonds. The second kappa shape index (κ2) is 6.64. The predicted molar refractivity (Wildman–Crippen MR) is 102 cm³/mol. The Balaban J connectivity index is 1.69. The zero-order chi connectivity index (χ0) is 17.4. The molecule has 4 nitrogen and oxygen atoms in total. The van der Waals surface area contributed by atoms with Gasteiger partial charge in [-0.2, -0.15) is 0 Å². The maximum atomic E-state index is 12.2. The first-order valence-electron chi connectivity index (χ1n) is 8.62. The van der Waals surface area contributed by atoms with Crippen molar-refractivity contribution in [1.82, 2.24) is 14.9 Å². The number of carbonyl (C=O) groups is 1. The highest BCUT2D eigenvalue weighted by Gasteiger charge is 2.31. The molecule has 0 bridgehead atoms. The van der Waals surface area contributed by atoms with E-state index < -0.39 is 0 Å². The van der Waals surface area contributed by atoms with Crippen molar-refractivity contribution in [1.29, 1.82) is 0 Å². The van der Waals surface area contributed by atoms with Crippen LogP contribution in [0.2, 0.25) is 0 Å². The molecule has 1 atom stereocenters. The molecule has 0 spiro atoms. The molecule has 1 aliphatic carbocycles. The van der Waals surface area contributed by atoms with Gasteiger partial charge in [0, 0.05) is 16.9 Å². The summed E-state index contributed by atoms with van der Waals surface area (Å²) >= 11 is 3.48. The van der Waals surface area contributed by atoms with Crippen LogP contribution in [0.15, 0.2) is 53.0 Å². The third kappa shape index (κ3) is 3.47. The average molecular weight is 398 g/mol. The lowest BCUT2D eigenvalue weighted by atomic mass is 10.2. The van der Waals surface area contributed by atoms with Gasteiger partial charge in [-0.15, -0.1) is 0 Å². The lowest BCUT2D eigenvalue weighted by molar-refractivity contribution is -0.123. The second-order valence-corrected chi connectivity index (χ2v) is 7.59. The van der Waals surface area contributed by atoms with Gasteiger partial charge in [0.25, 0.3) is 0 Å². The molecule has 1 aliphatic rings. The first-order valence-corrected chi connectivity index (χ1v) is 9.41. The number of fused-ring (bicyclic) bond motifs is 1. The standard InChI is InChI=1S/C20H20BrN3O/c1-13(22-20(25)15-8-9-15)19-23-17-4-2-3-5-18(17)24(19)12-14-6-10-16(21)11-7-14/h2-7,10-11,13,15H,8-9,12H2,1H3,(H,22,25). The monoisotopic (exact) mass is 397 g/mol. The number of para-hydroxylation sites is 2. The Morgan fingerprint density at radius 2 is 1.96 bits per heavy atom. The van der Waals surface area contributed by atoms with E-state index in [9.17, 15) is 4.79 Å². The molecule has 128 valence electrons. The quantitative estimate of drug-likeness (QED) is 0.691. The Morgan fingerprint density at radius 1 is 1.24 bits per heavy atom. The fourth-order valence-corrected chi connectivity index (χ4v) is 3.37. The summed E-state index contributed by atoms with van der Waals surface area (Å²) in [5.74, 6) is 1.25. The Morgan fingerprint density at radius 3 is 2.68 bits per heavy atom. The summed E-state index contributed by atoms with van der Waals surface area (Å²) in [6, 6.07) is 16.3. The molecule has 1 saturated carbocycles. The van der Waals surface area contributed by atoms with Gasteiger partial charge in [-0.3, -0.25) is 4.79 Å². The molecule has 1 aromatic heterocycles. The molecular formula is C20H20BrN3O. The van der Waals surface area contributed by atoms with Crippen molar-refractivity contribution in [2.45, 2.75) is 32.4 Å². The van der Waals surface area contributed by atoms with Gasteiger partial charge in [-0.05, 0) is 49.6 Å². The van der Waals surface area contributed by atoms with Crippen LogP contribution < -0.4 is 5.32 Å². The largest absolute Gasteiger partial charge is 0.346 e. The lowest BCUT2D eigenvalue weighted by Gasteiger charge is -2.16.